The molecule has 1 heterocycles. The van der Waals surface area contributed by atoms with Gasteiger partial charge >= 0.3 is 0 Å². The van der Waals surface area contributed by atoms with Crippen LogP contribution in [-0.2, 0) is 6.42 Å². The molecule has 0 aromatic carbocycles. The first kappa shape index (κ1) is 13.7. The van der Waals surface area contributed by atoms with Gasteiger partial charge in [0.2, 0.25) is 5.82 Å². The average Bonchev–Trinajstić information content (AvgIpc) is 2.77. The van der Waals surface area contributed by atoms with Crippen LogP contribution in [0.15, 0.2) is 0 Å². The number of aromatic amines is 1. The summed E-state index contributed by atoms with van der Waals surface area (Å²) in [5.41, 5.74) is 0. The van der Waals surface area contributed by atoms with Gasteiger partial charge in [-0.1, -0.05) is 27.2 Å². The summed E-state index contributed by atoms with van der Waals surface area (Å²) >= 11 is 0. The quantitative estimate of drug-likeness (QED) is 0.795. The van der Waals surface area contributed by atoms with E-state index in [4.69, 9.17) is 0 Å². The minimum absolute atomic E-state index is 0.154. The van der Waals surface area contributed by atoms with Crippen molar-refractivity contribution in [3.63, 3.8) is 0 Å². The maximum absolute atomic E-state index is 11.8. The van der Waals surface area contributed by atoms with Gasteiger partial charge in [0, 0.05) is 12.5 Å². The van der Waals surface area contributed by atoms with E-state index in [0.29, 0.717) is 5.92 Å². The van der Waals surface area contributed by atoms with E-state index in [2.05, 4.69) is 34.3 Å². The van der Waals surface area contributed by atoms with Gasteiger partial charge in [-0.3, -0.25) is 9.89 Å². The fourth-order valence-corrected chi connectivity index (χ4v) is 1.67. The number of H-pyrrole nitrogens is 1. The van der Waals surface area contributed by atoms with Crippen molar-refractivity contribution in [1.82, 2.24) is 20.5 Å². The van der Waals surface area contributed by atoms with Gasteiger partial charge in [-0.15, -0.1) is 5.10 Å². The zero-order valence-corrected chi connectivity index (χ0v) is 11.1. The summed E-state index contributed by atoms with van der Waals surface area (Å²) in [5.74, 6) is 1.39. The lowest BCUT2D eigenvalue weighted by molar-refractivity contribution is 0.0925. The Morgan fingerprint density at radius 2 is 2.12 bits per heavy atom. The number of carbonyl (C=O) groups excluding carboxylic acids is 1. The fourth-order valence-electron chi connectivity index (χ4n) is 1.67. The summed E-state index contributed by atoms with van der Waals surface area (Å²) in [7, 11) is 0. The number of nitrogens with zero attached hydrogens (tertiary/aromatic N) is 2. The largest absolute Gasteiger partial charge is 0.347 e. The molecular formula is C12H22N4O. The molecule has 0 fully saturated rings. The van der Waals surface area contributed by atoms with E-state index in [-0.39, 0.29) is 17.8 Å². The van der Waals surface area contributed by atoms with Gasteiger partial charge in [0.25, 0.3) is 5.91 Å². The number of amides is 1. The van der Waals surface area contributed by atoms with Crippen molar-refractivity contribution >= 4 is 5.91 Å². The van der Waals surface area contributed by atoms with E-state index in [1.807, 2.05) is 13.8 Å². The van der Waals surface area contributed by atoms with Crippen molar-refractivity contribution in [3.8, 4) is 0 Å². The zero-order chi connectivity index (χ0) is 12.8. The lowest BCUT2D eigenvalue weighted by Gasteiger charge is -2.16. The first-order valence-corrected chi connectivity index (χ1v) is 6.28. The highest BCUT2D eigenvalue weighted by molar-refractivity contribution is 5.90. The smallest absolute Gasteiger partial charge is 0.291 e. The molecule has 0 spiro atoms. The maximum Gasteiger partial charge on any atom is 0.291 e. The Balaban J connectivity index is 2.48. The van der Waals surface area contributed by atoms with E-state index in [9.17, 15) is 4.79 Å². The van der Waals surface area contributed by atoms with Crippen LogP contribution in [0.3, 0.4) is 0 Å². The number of rotatable bonds is 6. The number of hydrogen-bond acceptors (Lipinski definition) is 3. The van der Waals surface area contributed by atoms with E-state index in [0.717, 1.165) is 25.1 Å². The molecule has 1 amide bonds. The lowest BCUT2D eigenvalue weighted by Crippen LogP contribution is -2.34. The van der Waals surface area contributed by atoms with E-state index >= 15 is 0 Å². The number of aromatic nitrogens is 3. The SMILES string of the molecule is CCc1nc(C(=O)NC(C)CC(C)CC)n[nH]1. The second-order valence-electron chi connectivity index (χ2n) is 4.58. The highest BCUT2D eigenvalue weighted by Crippen LogP contribution is 2.09. The Bertz CT molecular complexity index is 361. The van der Waals surface area contributed by atoms with Crippen LogP contribution < -0.4 is 5.32 Å². The topological polar surface area (TPSA) is 70.7 Å². The van der Waals surface area contributed by atoms with E-state index < -0.39 is 0 Å². The van der Waals surface area contributed by atoms with Gasteiger partial charge in [0.15, 0.2) is 0 Å². The highest BCUT2D eigenvalue weighted by atomic mass is 16.2. The normalized spacial score (nSPS) is 14.4. The van der Waals surface area contributed by atoms with Crippen LogP contribution in [0.2, 0.25) is 0 Å². The van der Waals surface area contributed by atoms with Crippen LogP contribution in [0.5, 0.6) is 0 Å². The van der Waals surface area contributed by atoms with Crippen LogP contribution in [0.4, 0.5) is 0 Å². The van der Waals surface area contributed by atoms with Crippen LogP contribution in [0.25, 0.3) is 0 Å². The lowest BCUT2D eigenvalue weighted by atomic mass is 10.0. The Kier molecular flexibility index (Phi) is 5.12. The second kappa shape index (κ2) is 6.37. The maximum atomic E-state index is 11.8. The summed E-state index contributed by atoms with van der Waals surface area (Å²) < 4.78 is 0. The fraction of sp³-hybridized carbons (Fsp3) is 0.750. The summed E-state index contributed by atoms with van der Waals surface area (Å²) in [5, 5.41) is 9.55. The first-order chi connectivity index (χ1) is 8.06. The Morgan fingerprint density at radius 3 is 2.65 bits per heavy atom. The molecule has 0 bridgehead atoms. The molecule has 5 heteroatoms. The molecule has 0 saturated carbocycles. The van der Waals surface area contributed by atoms with Crippen molar-refractivity contribution in [2.24, 2.45) is 5.92 Å². The van der Waals surface area contributed by atoms with Crippen molar-refractivity contribution in [2.45, 2.75) is 53.0 Å². The summed E-state index contributed by atoms with van der Waals surface area (Å²) in [6, 6.07) is 0.154. The summed E-state index contributed by atoms with van der Waals surface area (Å²) in [6.07, 6.45) is 2.86. The van der Waals surface area contributed by atoms with Gasteiger partial charge < -0.3 is 5.32 Å². The first-order valence-electron chi connectivity index (χ1n) is 6.28. The van der Waals surface area contributed by atoms with Gasteiger partial charge in [-0.2, -0.15) is 0 Å². The van der Waals surface area contributed by atoms with Crippen LogP contribution >= 0.6 is 0 Å². The Labute approximate surface area is 102 Å². The Morgan fingerprint density at radius 1 is 1.41 bits per heavy atom. The summed E-state index contributed by atoms with van der Waals surface area (Å²) in [4.78, 5) is 15.9. The van der Waals surface area contributed by atoms with Gasteiger partial charge in [0.05, 0.1) is 0 Å². The minimum atomic E-state index is -0.197. The van der Waals surface area contributed by atoms with Gasteiger partial charge in [-0.25, -0.2) is 4.98 Å². The predicted octanol–water partition coefficient (Wildman–Crippen LogP) is 1.92. The summed E-state index contributed by atoms with van der Waals surface area (Å²) in [6.45, 7) is 8.32. The number of nitrogens with one attached hydrogen (secondary N) is 2. The molecule has 2 N–H and O–H groups in total. The van der Waals surface area contributed by atoms with Crippen molar-refractivity contribution in [2.75, 3.05) is 0 Å². The minimum Gasteiger partial charge on any atom is -0.347 e. The molecule has 0 saturated heterocycles. The molecule has 1 aromatic heterocycles. The van der Waals surface area contributed by atoms with E-state index in [1.165, 1.54) is 0 Å². The highest BCUT2D eigenvalue weighted by Gasteiger charge is 2.15. The number of aryl methyl sites for hydroxylation is 1. The van der Waals surface area contributed by atoms with Crippen molar-refractivity contribution in [1.29, 1.82) is 0 Å². The van der Waals surface area contributed by atoms with Gasteiger partial charge in [0.1, 0.15) is 5.82 Å². The third kappa shape index (κ3) is 4.17. The molecule has 17 heavy (non-hydrogen) atoms. The van der Waals surface area contributed by atoms with Crippen LogP contribution in [0, 0.1) is 5.92 Å². The van der Waals surface area contributed by atoms with Crippen LogP contribution in [-0.4, -0.2) is 27.1 Å². The second-order valence-corrected chi connectivity index (χ2v) is 4.58. The third-order valence-electron chi connectivity index (χ3n) is 2.90. The average molecular weight is 238 g/mol. The predicted molar refractivity (Wildman–Crippen MR) is 66.8 cm³/mol. The third-order valence-corrected chi connectivity index (χ3v) is 2.90. The molecule has 0 aliphatic heterocycles. The number of carbonyl (C=O) groups is 1. The molecule has 1 rings (SSSR count). The molecule has 1 aromatic rings. The monoisotopic (exact) mass is 238 g/mol. The van der Waals surface area contributed by atoms with Crippen molar-refractivity contribution < 1.29 is 4.79 Å². The molecule has 2 unspecified atom stereocenters. The van der Waals surface area contributed by atoms with Gasteiger partial charge in [-0.05, 0) is 19.3 Å². The molecule has 0 aliphatic carbocycles. The molecule has 2 atom stereocenters. The van der Waals surface area contributed by atoms with E-state index in [1.54, 1.807) is 0 Å². The molecule has 96 valence electrons. The van der Waals surface area contributed by atoms with Crippen molar-refractivity contribution in [3.05, 3.63) is 11.6 Å². The zero-order valence-electron chi connectivity index (χ0n) is 11.1. The van der Waals surface area contributed by atoms with Crippen LogP contribution in [0.1, 0.15) is 57.0 Å². The molecule has 5 nitrogen and oxygen atoms in total. The molecular weight excluding hydrogens is 216 g/mol. The standard InChI is InChI=1S/C12H22N4O/c1-5-8(3)7-9(4)13-12(17)11-14-10(6-2)15-16-11/h8-9H,5-7H2,1-4H3,(H,13,17)(H,14,15,16). The Hall–Kier alpha value is -1.39. The molecule has 0 radical (unpaired) electrons. The number of hydrogen-bond donors (Lipinski definition) is 2. The molecule has 0 aliphatic rings.